The number of aromatic nitrogens is 1. The first-order chi connectivity index (χ1) is 9.44. The molecule has 4 nitrogen and oxygen atoms in total. The summed E-state index contributed by atoms with van der Waals surface area (Å²) in [6, 6.07) is 7.90. The molecule has 0 saturated carbocycles. The normalized spacial score (nSPS) is 11.6. The summed E-state index contributed by atoms with van der Waals surface area (Å²) in [5.41, 5.74) is 8.09. The number of fused-ring (bicyclic) bond motifs is 1. The maximum absolute atomic E-state index is 5.80. The fourth-order valence-corrected chi connectivity index (χ4v) is 2.05. The van der Waals surface area contributed by atoms with E-state index in [2.05, 4.69) is 10.3 Å². The largest absolute Gasteiger partial charge is 0.389 e. The number of benzene rings is 1. The van der Waals surface area contributed by atoms with Crippen LogP contribution in [0.15, 0.2) is 30.5 Å². The van der Waals surface area contributed by atoms with Gasteiger partial charge < -0.3 is 15.8 Å². The highest BCUT2D eigenvalue weighted by molar-refractivity contribution is 7.80. The van der Waals surface area contributed by atoms with Gasteiger partial charge in [-0.1, -0.05) is 30.4 Å². The smallest absolute Gasteiger partial charge is 0.107 e. The maximum Gasteiger partial charge on any atom is 0.107 e. The predicted octanol–water partition coefficient (Wildman–Crippen LogP) is 2.71. The van der Waals surface area contributed by atoms with Gasteiger partial charge in [-0.15, -0.1) is 0 Å². The summed E-state index contributed by atoms with van der Waals surface area (Å²) in [5, 5.41) is 4.40. The third kappa shape index (κ3) is 3.05. The van der Waals surface area contributed by atoms with Crippen LogP contribution in [0.1, 0.15) is 19.4 Å². The van der Waals surface area contributed by atoms with Crippen molar-refractivity contribution in [3.05, 3.63) is 36.0 Å². The van der Waals surface area contributed by atoms with Gasteiger partial charge in [0.25, 0.3) is 0 Å². The first kappa shape index (κ1) is 14.7. The van der Waals surface area contributed by atoms with Crippen LogP contribution in [0.25, 0.3) is 10.9 Å². The quantitative estimate of drug-likeness (QED) is 0.829. The molecule has 0 saturated heterocycles. The average molecular weight is 289 g/mol. The Labute approximate surface area is 124 Å². The lowest BCUT2D eigenvalue weighted by Gasteiger charge is -2.25. The summed E-state index contributed by atoms with van der Waals surface area (Å²) < 4.78 is 5.43. The number of thiocarbonyl (C=S) groups is 1. The molecule has 3 N–H and O–H groups in total. The minimum Gasteiger partial charge on any atom is -0.389 e. The van der Waals surface area contributed by atoms with E-state index in [9.17, 15) is 0 Å². The second-order valence-electron chi connectivity index (χ2n) is 5.25. The monoisotopic (exact) mass is 289 g/mol. The minimum atomic E-state index is -0.280. The highest BCUT2D eigenvalue weighted by Crippen LogP contribution is 2.26. The molecule has 1 heterocycles. The van der Waals surface area contributed by atoms with E-state index in [0.29, 0.717) is 11.5 Å². The molecule has 5 heteroatoms. The van der Waals surface area contributed by atoms with Gasteiger partial charge in [0.1, 0.15) is 4.99 Å². The molecule has 0 bridgehead atoms. The third-order valence-electron chi connectivity index (χ3n) is 3.28. The molecule has 0 aliphatic carbocycles. The molecule has 0 fully saturated rings. The van der Waals surface area contributed by atoms with Crippen LogP contribution in [-0.2, 0) is 4.74 Å². The molecule has 1 aromatic carbocycles. The van der Waals surface area contributed by atoms with Gasteiger partial charge in [0, 0.05) is 25.2 Å². The zero-order valence-corrected chi connectivity index (χ0v) is 12.8. The van der Waals surface area contributed by atoms with Crippen LogP contribution < -0.4 is 11.1 Å². The Balaban J connectivity index is 2.47. The molecule has 0 amide bonds. The van der Waals surface area contributed by atoms with Crippen molar-refractivity contribution in [2.24, 2.45) is 5.73 Å². The lowest BCUT2D eigenvalue weighted by atomic mass is 10.1. The Kier molecular flexibility index (Phi) is 4.20. The van der Waals surface area contributed by atoms with Crippen molar-refractivity contribution in [3.8, 4) is 0 Å². The lowest BCUT2D eigenvalue weighted by Crippen LogP contribution is -2.32. The van der Waals surface area contributed by atoms with E-state index in [1.54, 1.807) is 13.3 Å². The van der Waals surface area contributed by atoms with Gasteiger partial charge in [0.05, 0.1) is 22.4 Å². The third-order valence-corrected chi connectivity index (χ3v) is 3.50. The number of pyridine rings is 1. The molecule has 0 unspecified atom stereocenters. The Morgan fingerprint density at radius 1 is 1.40 bits per heavy atom. The number of methoxy groups -OCH3 is 1. The van der Waals surface area contributed by atoms with Crippen molar-refractivity contribution in [1.29, 1.82) is 0 Å². The standard InChI is InChI=1S/C15H19N3OS/c1-15(2,19-3)9-18-13-10-6-4-5-7-12(10)17-8-11(13)14(16)20/h4-8H,9H2,1-3H3,(H2,16,20)(H,17,18). The molecule has 20 heavy (non-hydrogen) atoms. The summed E-state index contributed by atoms with van der Waals surface area (Å²) >= 11 is 5.12. The minimum absolute atomic E-state index is 0.280. The van der Waals surface area contributed by atoms with Gasteiger partial charge in [-0.2, -0.15) is 0 Å². The Bertz CT molecular complexity index is 640. The molecule has 2 aromatic rings. The number of anilines is 1. The molecule has 2 rings (SSSR count). The van der Waals surface area contributed by atoms with E-state index >= 15 is 0 Å². The van der Waals surface area contributed by atoms with E-state index in [1.165, 1.54) is 0 Å². The molecule has 0 radical (unpaired) electrons. The van der Waals surface area contributed by atoms with Crippen LogP contribution in [0.3, 0.4) is 0 Å². The molecule has 1 aromatic heterocycles. The van der Waals surface area contributed by atoms with Gasteiger partial charge in [-0.3, -0.25) is 4.98 Å². The Morgan fingerprint density at radius 2 is 2.10 bits per heavy atom. The van der Waals surface area contributed by atoms with Gasteiger partial charge in [-0.05, 0) is 19.9 Å². The number of hydrogen-bond acceptors (Lipinski definition) is 4. The number of para-hydroxylation sites is 1. The molecule has 0 spiro atoms. The van der Waals surface area contributed by atoms with Gasteiger partial charge in [0.15, 0.2) is 0 Å². The highest BCUT2D eigenvalue weighted by atomic mass is 32.1. The number of nitrogens with one attached hydrogen (secondary N) is 1. The number of nitrogens with two attached hydrogens (primary N) is 1. The fourth-order valence-electron chi connectivity index (χ4n) is 1.89. The van der Waals surface area contributed by atoms with Gasteiger partial charge in [0.2, 0.25) is 0 Å². The average Bonchev–Trinajstić information content (AvgIpc) is 2.44. The molecule has 0 atom stereocenters. The topological polar surface area (TPSA) is 60.2 Å². The van der Waals surface area contributed by atoms with E-state index in [1.807, 2.05) is 38.1 Å². The molecule has 106 valence electrons. The van der Waals surface area contributed by atoms with Gasteiger partial charge in [-0.25, -0.2) is 0 Å². The first-order valence-electron chi connectivity index (χ1n) is 6.41. The summed E-state index contributed by atoms with van der Waals surface area (Å²) in [6.07, 6.45) is 1.72. The van der Waals surface area contributed by atoms with E-state index < -0.39 is 0 Å². The molecule has 0 aliphatic heterocycles. The highest BCUT2D eigenvalue weighted by Gasteiger charge is 2.18. The number of ether oxygens (including phenoxy) is 1. The second kappa shape index (κ2) is 5.73. The van der Waals surface area contributed by atoms with Crippen molar-refractivity contribution in [2.75, 3.05) is 19.0 Å². The van der Waals surface area contributed by atoms with Crippen LogP contribution in [0, 0.1) is 0 Å². The Hall–Kier alpha value is -1.72. The van der Waals surface area contributed by atoms with E-state index in [-0.39, 0.29) is 5.60 Å². The van der Waals surface area contributed by atoms with Crippen LogP contribution in [0.2, 0.25) is 0 Å². The molecular formula is C15H19N3OS. The second-order valence-corrected chi connectivity index (χ2v) is 5.69. The van der Waals surface area contributed by atoms with Gasteiger partial charge >= 0.3 is 0 Å². The van der Waals surface area contributed by atoms with Crippen LogP contribution in [0.5, 0.6) is 0 Å². The van der Waals surface area contributed by atoms with E-state index in [4.69, 9.17) is 22.7 Å². The van der Waals surface area contributed by atoms with Crippen molar-refractivity contribution < 1.29 is 4.74 Å². The lowest BCUT2D eigenvalue weighted by molar-refractivity contribution is 0.0344. The number of hydrogen-bond donors (Lipinski definition) is 2. The van der Waals surface area contributed by atoms with Crippen molar-refractivity contribution in [2.45, 2.75) is 19.4 Å². The summed E-state index contributed by atoms with van der Waals surface area (Å²) in [5.74, 6) is 0. The van der Waals surface area contributed by atoms with Crippen molar-refractivity contribution in [1.82, 2.24) is 4.98 Å². The first-order valence-corrected chi connectivity index (χ1v) is 6.82. The fraction of sp³-hybridized carbons (Fsp3) is 0.333. The maximum atomic E-state index is 5.80. The summed E-state index contributed by atoms with van der Waals surface area (Å²) in [6.45, 7) is 4.68. The Morgan fingerprint density at radius 3 is 2.75 bits per heavy atom. The molecular weight excluding hydrogens is 270 g/mol. The van der Waals surface area contributed by atoms with Crippen LogP contribution in [0.4, 0.5) is 5.69 Å². The van der Waals surface area contributed by atoms with Crippen LogP contribution in [-0.4, -0.2) is 29.2 Å². The number of rotatable bonds is 5. The summed E-state index contributed by atoms with van der Waals surface area (Å²) in [4.78, 5) is 4.72. The molecule has 0 aliphatic rings. The van der Waals surface area contributed by atoms with Crippen LogP contribution >= 0.6 is 12.2 Å². The van der Waals surface area contributed by atoms with Crippen molar-refractivity contribution in [3.63, 3.8) is 0 Å². The zero-order valence-electron chi connectivity index (χ0n) is 11.9. The SMILES string of the molecule is COC(C)(C)CNc1c(C(N)=S)cnc2ccccc12. The van der Waals surface area contributed by atoms with E-state index in [0.717, 1.165) is 22.2 Å². The van der Waals surface area contributed by atoms with Crippen molar-refractivity contribution >= 4 is 33.8 Å². The summed E-state index contributed by atoms with van der Waals surface area (Å²) in [7, 11) is 1.70. The zero-order chi connectivity index (χ0) is 14.8. The predicted molar refractivity (Wildman–Crippen MR) is 87.2 cm³/mol. The number of nitrogens with zero attached hydrogens (tertiary/aromatic N) is 1.